The van der Waals surface area contributed by atoms with Gasteiger partial charge in [0.15, 0.2) is 5.16 Å². The zero-order chi connectivity index (χ0) is 20.0. The van der Waals surface area contributed by atoms with Crippen LogP contribution >= 0.6 is 45.8 Å². The van der Waals surface area contributed by atoms with Crippen LogP contribution in [0.2, 0.25) is 0 Å². The van der Waals surface area contributed by atoms with Crippen LogP contribution in [0.15, 0.2) is 49.1 Å². The molecule has 0 unspecified atom stereocenters. The molecule has 0 saturated carbocycles. The molecule has 29 heavy (non-hydrogen) atoms. The lowest BCUT2D eigenvalue weighted by atomic mass is 10.2. The molecule has 0 aromatic carbocycles. The second kappa shape index (κ2) is 7.52. The van der Waals surface area contributed by atoms with Gasteiger partial charge in [0.2, 0.25) is 0 Å². The van der Waals surface area contributed by atoms with Crippen LogP contribution in [-0.4, -0.2) is 19.5 Å². The van der Waals surface area contributed by atoms with Gasteiger partial charge in [-0.25, -0.2) is 9.97 Å². The quantitative estimate of drug-likeness (QED) is 0.302. The minimum Gasteiger partial charge on any atom is -0.309 e. The molecule has 0 spiro atoms. The molecule has 0 saturated heterocycles. The van der Waals surface area contributed by atoms with Crippen molar-refractivity contribution in [1.29, 1.82) is 0 Å². The van der Waals surface area contributed by atoms with E-state index >= 15 is 0 Å². The van der Waals surface area contributed by atoms with E-state index in [0.29, 0.717) is 38.9 Å². The van der Waals surface area contributed by atoms with Crippen LogP contribution in [0.25, 0.3) is 30.9 Å². The number of nitrogens with one attached hydrogen (secondary N) is 1. The average Bonchev–Trinajstić information content (AvgIpc) is 3.45. The van der Waals surface area contributed by atoms with Crippen LogP contribution in [0.5, 0.6) is 0 Å². The van der Waals surface area contributed by atoms with E-state index in [1.807, 2.05) is 41.3 Å². The van der Waals surface area contributed by atoms with E-state index in [0.717, 1.165) is 15.3 Å². The maximum atomic E-state index is 13.2. The Bertz CT molecular complexity index is 1440. The van der Waals surface area contributed by atoms with Crippen molar-refractivity contribution in [3.8, 4) is 10.4 Å². The lowest BCUT2D eigenvalue weighted by Crippen LogP contribution is -2.22. The second-order valence-electron chi connectivity index (χ2n) is 6.19. The summed E-state index contributed by atoms with van der Waals surface area (Å²) in [4.78, 5) is 39.3. The Morgan fingerprint density at radius 1 is 1.14 bits per heavy atom. The number of fused-ring (bicyclic) bond motifs is 2. The summed E-state index contributed by atoms with van der Waals surface area (Å²) in [5, 5.41) is 7.18. The topological polar surface area (TPSA) is 80.6 Å². The molecule has 0 atom stereocenters. The number of thiophene rings is 3. The van der Waals surface area contributed by atoms with E-state index in [9.17, 15) is 9.59 Å². The first-order valence-corrected chi connectivity index (χ1v) is 12.4. The maximum absolute atomic E-state index is 13.2. The second-order valence-corrected chi connectivity index (χ2v) is 9.85. The number of hydrogen-bond acceptors (Lipinski definition) is 8. The third-order valence-corrected chi connectivity index (χ3v) is 8.13. The van der Waals surface area contributed by atoms with Crippen molar-refractivity contribution in [3.63, 3.8) is 0 Å². The number of thioether (sulfide) groups is 1. The number of rotatable bonds is 5. The number of aromatic amines is 1. The van der Waals surface area contributed by atoms with Gasteiger partial charge in [-0.05, 0) is 29.8 Å². The van der Waals surface area contributed by atoms with Crippen LogP contribution in [0.1, 0.15) is 12.7 Å². The van der Waals surface area contributed by atoms with Crippen LogP contribution in [0.3, 0.4) is 0 Å². The third kappa shape index (κ3) is 3.25. The Labute approximate surface area is 180 Å². The van der Waals surface area contributed by atoms with Gasteiger partial charge in [0, 0.05) is 22.4 Å². The first-order chi connectivity index (χ1) is 14.2. The number of hydrogen-bond donors (Lipinski definition) is 1. The Morgan fingerprint density at radius 3 is 2.83 bits per heavy atom. The molecule has 0 aliphatic carbocycles. The smallest absolute Gasteiger partial charge is 0.268 e. The molecule has 5 aromatic heterocycles. The Balaban J connectivity index is 1.54. The molecule has 0 amide bonds. The number of nitrogens with zero attached hydrogens (tertiary/aromatic N) is 3. The highest BCUT2D eigenvalue weighted by molar-refractivity contribution is 7.98. The van der Waals surface area contributed by atoms with E-state index < -0.39 is 0 Å². The van der Waals surface area contributed by atoms with Crippen molar-refractivity contribution in [2.24, 2.45) is 0 Å². The highest BCUT2D eigenvalue weighted by Crippen LogP contribution is 2.34. The first-order valence-electron chi connectivity index (χ1n) is 8.81. The van der Waals surface area contributed by atoms with E-state index in [1.165, 1.54) is 34.4 Å². The fourth-order valence-electron chi connectivity index (χ4n) is 3.13. The highest BCUT2D eigenvalue weighted by Gasteiger charge is 2.17. The summed E-state index contributed by atoms with van der Waals surface area (Å²) in [6, 6.07) is 5.85. The van der Waals surface area contributed by atoms with Gasteiger partial charge < -0.3 is 4.98 Å². The van der Waals surface area contributed by atoms with Gasteiger partial charge in [0.1, 0.15) is 15.4 Å². The molecular weight excluding hydrogens is 445 g/mol. The van der Waals surface area contributed by atoms with E-state index in [2.05, 4.69) is 9.97 Å². The fourth-order valence-corrected chi connectivity index (χ4v) is 6.59. The number of aromatic nitrogens is 4. The molecule has 5 rings (SSSR count). The molecule has 0 radical (unpaired) electrons. The molecule has 1 N–H and O–H groups in total. The van der Waals surface area contributed by atoms with Crippen LogP contribution < -0.4 is 11.1 Å². The van der Waals surface area contributed by atoms with Crippen molar-refractivity contribution in [1.82, 2.24) is 19.5 Å². The van der Waals surface area contributed by atoms with E-state index in [4.69, 9.17) is 4.98 Å². The molecule has 146 valence electrons. The predicted molar refractivity (Wildman–Crippen MR) is 123 cm³/mol. The molecule has 0 fully saturated rings. The Hall–Kier alpha value is -2.27. The van der Waals surface area contributed by atoms with Crippen molar-refractivity contribution in [2.45, 2.75) is 24.4 Å². The molecular formula is C19H14N4O2S4. The molecule has 10 heteroatoms. The zero-order valence-electron chi connectivity index (χ0n) is 15.2. The summed E-state index contributed by atoms with van der Waals surface area (Å²) in [5.74, 6) is 1.01. The summed E-state index contributed by atoms with van der Waals surface area (Å²) >= 11 is 5.89. The minimum absolute atomic E-state index is 0.0283. The normalized spacial score (nSPS) is 11.6. The molecule has 5 heterocycles. The van der Waals surface area contributed by atoms with Crippen molar-refractivity contribution < 1.29 is 0 Å². The first kappa shape index (κ1) is 18.7. The molecule has 6 nitrogen and oxygen atoms in total. The summed E-state index contributed by atoms with van der Waals surface area (Å²) in [7, 11) is 0. The van der Waals surface area contributed by atoms with Gasteiger partial charge >= 0.3 is 0 Å². The largest absolute Gasteiger partial charge is 0.309 e. The van der Waals surface area contributed by atoms with E-state index in [-0.39, 0.29) is 11.1 Å². The predicted octanol–water partition coefficient (Wildman–Crippen LogP) is 4.80. The highest BCUT2D eigenvalue weighted by atomic mass is 32.2. The third-order valence-electron chi connectivity index (χ3n) is 4.46. The molecule has 0 aliphatic rings. The molecule has 0 aliphatic heterocycles. The summed E-state index contributed by atoms with van der Waals surface area (Å²) in [5.41, 5.74) is 1.49. The summed E-state index contributed by atoms with van der Waals surface area (Å²) in [6.45, 7) is 2.46. The lowest BCUT2D eigenvalue weighted by molar-refractivity contribution is 0.635. The summed E-state index contributed by atoms with van der Waals surface area (Å²) < 4.78 is 2.32. The van der Waals surface area contributed by atoms with Gasteiger partial charge in [-0.15, -0.1) is 34.0 Å². The lowest BCUT2D eigenvalue weighted by Gasteiger charge is -2.10. The van der Waals surface area contributed by atoms with Gasteiger partial charge in [0.05, 0.1) is 16.7 Å². The van der Waals surface area contributed by atoms with Crippen LogP contribution in [0, 0.1) is 0 Å². The Kier molecular flexibility index (Phi) is 4.86. The standard InChI is InChI=1S/C19H14N4O2S4/c1-2-23-18(25)14-10(12-4-3-6-26-12)8-28-17(14)22-19(23)29-9-13-20-11-5-7-27-15(11)16(24)21-13/h3-8H,2,9H2,1H3,(H,20,21,24). The number of H-pyrrole nitrogens is 1. The van der Waals surface area contributed by atoms with Gasteiger partial charge in [0.25, 0.3) is 11.1 Å². The van der Waals surface area contributed by atoms with Crippen LogP contribution in [0.4, 0.5) is 0 Å². The minimum atomic E-state index is -0.129. The zero-order valence-corrected chi connectivity index (χ0v) is 18.4. The van der Waals surface area contributed by atoms with Gasteiger partial charge in [-0.2, -0.15) is 0 Å². The fraction of sp³-hybridized carbons (Fsp3) is 0.158. The van der Waals surface area contributed by atoms with Gasteiger partial charge in [-0.1, -0.05) is 17.8 Å². The monoisotopic (exact) mass is 458 g/mol. The van der Waals surface area contributed by atoms with Crippen LogP contribution in [-0.2, 0) is 12.3 Å². The Morgan fingerprint density at radius 2 is 2.03 bits per heavy atom. The van der Waals surface area contributed by atoms with Crippen molar-refractivity contribution >= 4 is 66.2 Å². The van der Waals surface area contributed by atoms with Crippen molar-refractivity contribution in [2.75, 3.05) is 0 Å². The summed E-state index contributed by atoms with van der Waals surface area (Å²) in [6.07, 6.45) is 0. The molecule has 0 bridgehead atoms. The average molecular weight is 459 g/mol. The van der Waals surface area contributed by atoms with Crippen molar-refractivity contribution in [3.05, 3.63) is 60.9 Å². The van der Waals surface area contributed by atoms with Gasteiger partial charge in [-0.3, -0.25) is 14.2 Å². The molecule has 5 aromatic rings. The SMILES string of the molecule is CCn1c(SCc2nc3ccsc3c(=O)[nH]2)nc2scc(-c3cccs3)c2c1=O. The maximum Gasteiger partial charge on any atom is 0.268 e. The van der Waals surface area contributed by atoms with E-state index in [1.54, 1.807) is 15.9 Å².